The maximum Gasteiger partial charge on any atom is 0.258 e. The number of Topliss-reactive ketones (excluding diaryl/α,β-unsaturated/α-hetero) is 1. The minimum Gasteiger partial charge on any atom is -0.495 e. The molecule has 0 unspecified atom stereocenters. The Bertz CT molecular complexity index is 1010. The third kappa shape index (κ3) is 3.10. The van der Waals surface area contributed by atoms with Crippen LogP contribution in [0.2, 0.25) is 0 Å². The van der Waals surface area contributed by atoms with Crippen LogP contribution in [0.4, 0.5) is 5.69 Å². The Hall–Kier alpha value is -3.40. The molecule has 0 bridgehead atoms. The second kappa shape index (κ2) is 7.08. The summed E-state index contributed by atoms with van der Waals surface area (Å²) in [6.45, 7) is 0.348. The zero-order valence-corrected chi connectivity index (χ0v) is 15.0. The van der Waals surface area contributed by atoms with Gasteiger partial charge in [-0.2, -0.15) is 0 Å². The summed E-state index contributed by atoms with van der Waals surface area (Å²) in [5.41, 5.74) is 3.72. The minimum atomic E-state index is -0.133. The largest absolute Gasteiger partial charge is 0.495 e. The molecule has 0 atom stereocenters. The predicted molar refractivity (Wildman–Crippen MR) is 105 cm³/mol. The quantitative estimate of drug-likeness (QED) is 0.688. The molecule has 0 aliphatic carbocycles. The molecule has 0 saturated heterocycles. The van der Waals surface area contributed by atoms with E-state index in [0.717, 1.165) is 11.1 Å². The van der Waals surface area contributed by atoms with Gasteiger partial charge in [0.25, 0.3) is 5.91 Å². The zero-order valence-electron chi connectivity index (χ0n) is 15.0. The number of rotatable bonds is 3. The fourth-order valence-corrected chi connectivity index (χ4v) is 3.47. The van der Waals surface area contributed by atoms with Crippen molar-refractivity contribution in [1.29, 1.82) is 0 Å². The highest BCUT2D eigenvalue weighted by Gasteiger charge is 2.30. The Balaban J connectivity index is 1.75. The van der Waals surface area contributed by atoms with Gasteiger partial charge in [-0.05, 0) is 35.4 Å². The van der Waals surface area contributed by atoms with Crippen molar-refractivity contribution in [1.82, 2.24) is 0 Å². The normalized spacial score (nSPS) is 13.2. The molecule has 27 heavy (non-hydrogen) atoms. The monoisotopic (exact) mass is 357 g/mol. The highest BCUT2D eigenvalue weighted by Crippen LogP contribution is 2.37. The SMILES string of the molecule is COc1cccc2c1N(C(=O)c1cccc(-c3ccccc3)c1)CCC2=O. The molecular weight excluding hydrogens is 338 g/mol. The van der Waals surface area contributed by atoms with Crippen LogP contribution >= 0.6 is 0 Å². The van der Waals surface area contributed by atoms with Crippen LogP contribution in [0.3, 0.4) is 0 Å². The number of hydrogen-bond donors (Lipinski definition) is 0. The van der Waals surface area contributed by atoms with Gasteiger partial charge in [-0.1, -0.05) is 48.5 Å². The number of carbonyl (C=O) groups excluding carboxylic acids is 2. The summed E-state index contributed by atoms with van der Waals surface area (Å²) in [7, 11) is 1.55. The zero-order chi connectivity index (χ0) is 18.8. The first kappa shape index (κ1) is 17.0. The van der Waals surface area contributed by atoms with E-state index in [4.69, 9.17) is 4.74 Å². The fraction of sp³-hybridized carbons (Fsp3) is 0.130. The number of carbonyl (C=O) groups is 2. The molecule has 1 aliphatic rings. The van der Waals surface area contributed by atoms with E-state index in [9.17, 15) is 9.59 Å². The lowest BCUT2D eigenvalue weighted by molar-refractivity contribution is 0.0954. The molecular formula is C23H19NO3. The number of ketones is 1. The Morgan fingerprint density at radius 3 is 2.44 bits per heavy atom. The molecule has 134 valence electrons. The third-order valence-corrected chi connectivity index (χ3v) is 4.81. The first-order chi connectivity index (χ1) is 13.2. The van der Waals surface area contributed by atoms with Gasteiger partial charge >= 0.3 is 0 Å². The Kier molecular flexibility index (Phi) is 4.47. The topological polar surface area (TPSA) is 46.6 Å². The maximum absolute atomic E-state index is 13.3. The minimum absolute atomic E-state index is 0.0333. The van der Waals surface area contributed by atoms with Crippen LogP contribution in [0.15, 0.2) is 72.8 Å². The van der Waals surface area contributed by atoms with Gasteiger partial charge in [0.1, 0.15) is 5.75 Å². The molecule has 3 aromatic carbocycles. The van der Waals surface area contributed by atoms with Crippen molar-refractivity contribution in [2.24, 2.45) is 0 Å². The Labute approximate surface area is 158 Å². The number of methoxy groups -OCH3 is 1. The molecule has 4 rings (SSSR count). The van der Waals surface area contributed by atoms with Crippen LogP contribution in [0.5, 0.6) is 5.75 Å². The van der Waals surface area contributed by atoms with Gasteiger partial charge in [0.05, 0.1) is 12.8 Å². The molecule has 0 fully saturated rings. The van der Waals surface area contributed by atoms with Crippen LogP contribution in [0.1, 0.15) is 27.1 Å². The van der Waals surface area contributed by atoms with E-state index in [1.54, 1.807) is 36.3 Å². The van der Waals surface area contributed by atoms with Crippen LogP contribution in [0, 0.1) is 0 Å². The maximum atomic E-state index is 13.3. The Morgan fingerprint density at radius 2 is 1.67 bits per heavy atom. The number of anilines is 1. The van der Waals surface area contributed by atoms with Gasteiger partial charge in [0, 0.05) is 24.1 Å². The number of hydrogen-bond acceptors (Lipinski definition) is 3. The van der Waals surface area contributed by atoms with Crippen molar-refractivity contribution >= 4 is 17.4 Å². The van der Waals surface area contributed by atoms with Crippen molar-refractivity contribution < 1.29 is 14.3 Å². The summed E-state index contributed by atoms with van der Waals surface area (Å²) in [5, 5.41) is 0. The van der Waals surface area contributed by atoms with E-state index in [2.05, 4.69) is 0 Å². The summed E-state index contributed by atoms with van der Waals surface area (Å²) < 4.78 is 5.42. The summed E-state index contributed by atoms with van der Waals surface area (Å²) in [4.78, 5) is 27.2. The molecule has 4 nitrogen and oxygen atoms in total. The van der Waals surface area contributed by atoms with Crippen molar-refractivity contribution in [2.45, 2.75) is 6.42 Å². The van der Waals surface area contributed by atoms with Crippen LogP contribution in [0.25, 0.3) is 11.1 Å². The van der Waals surface area contributed by atoms with Crippen molar-refractivity contribution in [3.8, 4) is 16.9 Å². The van der Waals surface area contributed by atoms with Crippen LogP contribution in [-0.4, -0.2) is 25.3 Å². The Morgan fingerprint density at radius 1 is 0.926 bits per heavy atom. The third-order valence-electron chi connectivity index (χ3n) is 4.81. The molecule has 0 spiro atoms. The first-order valence-corrected chi connectivity index (χ1v) is 8.86. The molecule has 0 N–H and O–H groups in total. The number of amides is 1. The van der Waals surface area contributed by atoms with Gasteiger partial charge in [0.2, 0.25) is 0 Å². The average Bonchev–Trinajstić information content (AvgIpc) is 2.74. The highest BCUT2D eigenvalue weighted by atomic mass is 16.5. The number of ether oxygens (including phenoxy) is 1. The molecule has 0 radical (unpaired) electrons. The standard InChI is InChI=1S/C23H19NO3/c1-27-21-12-6-11-19-20(25)13-14-24(22(19)21)23(26)18-10-5-9-17(15-18)16-7-3-2-4-8-16/h2-12,15H,13-14H2,1H3. The van der Waals surface area contributed by atoms with Crippen LogP contribution < -0.4 is 9.64 Å². The molecule has 4 heteroatoms. The second-order valence-electron chi connectivity index (χ2n) is 6.43. The summed E-state index contributed by atoms with van der Waals surface area (Å²) in [5.74, 6) is 0.435. The van der Waals surface area contributed by atoms with Gasteiger partial charge in [0.15, 0.2) is 5.78 Å². The van der Waals surface area contributed by atoms with E-state index < -0.39 is 0 Å². The molecule has 3 aromatic rings. The summed E-state index contributed by atoms with van der Waals surface area (Å²) >= 11 is 0. The van der Waals surface area contributed by atoms with Crippen LogP contribution in [-0.2, 0) is 0 Å². The van der Waals surface area contributed by atoms with Gasteiger partial charge in [-0.15, -0.1) is 0 Å². The van der Waals surface area contributed by atoms with Crippen molar-refractivity contribution in [2.75, 3.05) is 18.6 Å². The van der Waals surface area contributed by atoms with Gasteiger partial charge < -0.3 is 9.64 Å². The predicted octanol–water partition coefficient (Wildman–Crippen LogP) is 4.60. The van der Waals surface area contributed by atoms with E-state index in [0.29, 0.717) is 35.5 Å². The van der Waals surface area contributed by atoms with Crippen molar-refractivity contribution in [3.05, 3.63) is 83.9 Å². The molecule has 1 heterocycles. The van der Waals surface area contributed by atoms with Gasteiger partial charge in [-0.25, -0.2) is 0 Å². The highest BCUT2D eigenvalue weighted by molar-refractivity contribution is 6.14. The lowest BCUT2D eigenvalue weighted by Gasteiger charge is -2.30. The molecule has 0 aromatic heterocycles. The fourth-order valence-electron chi connectivity index (χ4n) is 3.47. The smallest absolute Gasteiger partial charge is 0.258 e. The summed E-state index contributed by atoms with van der Waals surface area (Å²) in [6, 6.07) is 22.8. The average molecular weight is 357 g/mol. The van der Waals surface area contributed by atoms with Crippen molar-refractivity contribution in [3.63, 3.8) is 0 Å². The number of nitrogens with zero attached hydrogens (tertiary/aromatic N) is 1. The van der Waals surface area contributed by atoms with E-state index in [-0.39, 0.29) is 11.7 Å². The number of benzene rings is 3. The van der Waals surface area contributed by atoms with Gasteiger partial charge in [-0.3, -0.25) is 9.59 Å². The van der Waals surface area contributed by atoms with E-state index >= 15 is 0 Å². The molecule has 1 amide bonds. The number of para-hydroxylation sites is 1. The summed E-state index contributed by atoms with van der Waals surface area (Å²) in [6.07, 6.45) is 0.310. The second-order valence-corrected chi connectivity index (χ2v) is 6.43. The van der Waals surface area contributed by atoms with E-state index in [1.165, 1.54) is 0 Å². The first-order valence-electron chi connectivity index (χ1n) is 8.86. The molecule has 1 aliphatic heterocycles. The molecule has 0 saturated carbocycles. The lowest BCUT2D eigenvalue weighted by atomic mass is 9.97. The lowest BCUT2D eigenvalue weighted by Crippen LogP contribution is -2.37. The number of fused-ring (bicyclic) bond motifs is 1. The van der Waals surface area contributed by atoms with E-state index in [1.807, 2.05) is 48.5 Å².